The number of aromatic nitrogens is 2. The smallest absolute Gasteiger partial charge is 0.224 e. The maximum Gasteiger partial charge on any atom is 0.224 e. The van der Waals surface area contributed by atoms with Crippen molar-refractivity contribution in [1.82, 2.24) is 9.97 Å². The molecule has 0 saturated carbocycles. The second kappa shape index (κ2) is 6.92. The molecule has 112 valence electrons. The molecule has 0 saturated heterocycles. The number of nitrogens with zero attached hydrogens (tertiary/aromatic N) is 2. The molecule has 0 aliphatic carbocycles. The highest BCUT2D eigenvalue weighted by atomic mass is 16.5. The number of rotatable bonds is 6. The molecule has 0 radical (unpaired) electrons. The summed E-state index contributed by atoms with van der Waals surface area (Å²) in [7, 11) is 1.64. The van der Waals surface area contributed by atoms with Crippen molar-refractivity contribution in [3.05, 3.63) is 36.2 Å². The fraction of sp³-hybridized carbons (Fsp3) is 0.375. The van der Waals surface area contributed by atoms with Gasteiger partial charge in [0, 0.05) is 18.5 Å². The van der Waals surface area contributed by atoms with Crippen molar-refractivity contribution < 1.29 is 9.47 Å². The average Bonchev–Trinajstić information content (AvgIpc) is 2.48. The van der Waals surface area contributed by atoms with Gasteiger partial charge in [0.15, 0.2) is 0 Å². The maximum absolute atomic E-state index is 5.81. The molecular weight excluding hydrogens is 266 g/mol. The highest BCUT2D eigenvalue weighted by Gasteiger charge is 2.09. The van der Waals surface area contributed by atoms with E-state index < -0.39 is 0 Å². The van der Waals surface area contributed by atoms with Gasteiger partial charge >= 0.3 is 0 Å². The molecule has 1 N–H and O–H groups in total. The van der Waals surface area contributed by atoms with Crippen LogP contribution in [0.1, 0.15) is 32.5 Å². The van der Waals surface area contributed by atoms with Gasteiger partial charge < -0.3 is 14.8 Å². The molecule has 5 nitrogen and oxygen atoms in total. The van der Waals surface area contributed by atoms with Gasteiger partial charge in [0.2, 0.25) is 5.88 Å². The molecule has 2 aromatic rings. The Kier molecular flexibility index (Phi) is 4.98. The number of nitrogens with one attached hydrogen (secondary N) is 1. The van der Waals surface area contributed by atoms with E-state index in [0.29, 0.717) is 11.6 Å². The zero-order valence-electron chi connectivity index (χ0n) is 12.9. The van der Waals surface area contributed by atoms with Gasteiger partial charge in [0.05, 0.1) is 7.11 Å². The molecule has 1 heterocycles. The van der Waals surface area contributed by atoms with E-state index >= 15 is 0 Å². The quantitative estimate of drug-likeness (QED) is 0.875. The lowest BCUT2D eigenvalue weighted by Gasteiger charge is -2.11. The first kappa shape index (κ1) is 15.1. The fourth-order valence-corrected chi connectivity index (χ4v) is 1.79. The van der Waals surface area contributed by atoms with E-state index in [1.165, 1.54) is 0 Å². The molecule has 0 bridgehead atoms. The maximum atomic E-state index is 5.81. The van der Waals surface area contributed by atoms with E-state index in [2.05, 4.69) is 29.1 Å². The van der Waals surface area contributed by atoms with Gasteiger partial charge in [-0.2, -0.15) is 4.98 Å². The summed E-state index contributed by atoms with van der Waals surface area (Å²) in [4.78, 5) is 8.92. The molecule has 0 unspecified atom stereocenters. The van der Waals surface area contributed by atoms with Crippen LogP contribution in [0.2, 0.25) is 0 Å². The largest absolute Gasteiger partial charge is 0.497 e. The minimum atomic E-state index is 0.238. The van der Waals surface area contributed by atoms with Crippen LogP contribution in [0, 0.1) is 0 Å². The number of methoxy groups -OCH3 is 1. The Bertz CT molecular complexity index is 583. The lowest BCUT2D eigenvalue weighted by atomic mass is 10.2. The molecule has 0 amide bonds. The summed E-state index contributed by atoms with van der Waals surface area (Å²) in [6.45, 7) is 6.95. The van der Waals surface area contributed by atoms with Crippen LogP contribution in [0.3, 0.4) is 0 Å². The Labute approximate surface area is 125 Å². The Morgan fingerprint density at radius 1 is 1.10 bits per heavy atom. The first-order valence-electron chi connectivity index (χ1n) is 7.07. The third-order valence-corrected chi connectivity index (χ3v) is 2.88. The Balaban J connectivity index is 2.24. The van der Waals surface area contributed by atoms with Gasteiger partial charge in [-0.3, -0.25) is 0 Å². The number of ether oxygens (including phenoxy) is 2. The molecule has 0 atom stereocenters. The summed E-state index contributed by atoms with van der Waals surface area (Å²) in [5.41, 5.74) is 0. The number of anilines is 1. The third-order valence-electron chi connectivity index (χ3n) is 2.88. The van der Waals surface area contributed by atoms with E-state index in [1.54, 1.807) is 13.2 Å². The van der Waals surface area contributed by atoms with Crippen molar-refractivity contribution in [3.8, 4) is 17.4 Å². The molecule has 1 aromatic heterocycles. The van der Waals surface area contributed by atoms with Crippen molar-refractivity contribution in [3.63, 3.8) is 0 Å². The minimum absolute atomic E-state index is 0.238. The van der Waals surface area contributed by atoms with Crippen molar-refractivity contribution in [2.75, 3.05) is 19.0 Å². The van der Waals surface area contributed by atoms with Crippen LogP contribution >= 0.6 is 0 Å². The molecule has 0 aliphatic heterocycles. The van der Waals surface area contributed by atoms with Crippen LogP contribution in [0.15, 0.2) is 30.3 Å². The second-order valence-corrected chi connectivity index (χ2v) is 4.91. The van der Waals surface area contributed by atoms with E-state index in [9.17, 15) is 0 Å². The molecule has 0 aliphatic rings. The van der Waals surface area contributed by atoms with Crippen molar-refractivity contribution in [1.29, 1.82) is 0 Å². The summed E-state index contributed by atoms with van der Waals surface area (Å²) in [6, 6.07) is 9.21. The van der Waals surface area contributed by atoms with E-state index in [1.807, 2.05) is 31.2 Å². The first-order valence-corrected chi connectivity index (χ1v) is 7.07. The number of hydrogen-bond donors (Lipinski definition) is 1. The summed E-state index contributed by atoms with van der Waals surface area (Å²) < 4.78 is 10.9. The Hall–Kier alpha value is -2.30. The molecule has 0 fully saturated rings. The van der Waals surface area contributed by atoms with E-state index in [-0.39, 0.29) is 5.92 Å². The lowest BCUT2D eigenvalue weighted by molar-refractivity contribution is 0.412. The van der Waals surface area contributed by atoms with Gasteiger partial charge in [0.1, 0.15) is 23.1 Å². The molecule has 21 heavy (non-hydrogen) atoms. The number of benzene rings is 1. The lowest BCUT2D eigenvalue weighted by Crippen LogP contribution is -2.05. The van der Waals surface area contributed by atoms with Gasteiger partial charge in [-0.25, -0.2) is 4.98 Å². The molecule has 5 heteroatoms. The third kappa shape index (κ3) is 4.08. The summed E-state index contributed by atoms with van der Waals surface area (Å²) in [5.74, 6) is 3.82. The van der Waals surface area contributed by atoms with Crippen LogP contribution in [0.5, 0.6) is 17.4 Å². The minimum Gasteiger partial charge on any atom is -0.497 e. The highest BCUT2D eigenvalue weighted by Crippen LogP contribution is 2.25. The van der Waals surface area contributed by atoms with Gasteiger partial charge in [-0.15, -0.1) is 0 Å². The van der Waals surface area contributed by atoms with Crippen molar-refractivity contribution in [2.24, 2.45) is 0 Å². The van der Waals surface area contributed by atoms with E-state index in [0.717, 1.165) is 23.9 Å². The SMILES string of the molecule is CCNc1cc(Oc2ccc(OC)cc2)nc(C(C)C)n1. The molecule has 1 aromatic carbocycles. The average molecular weight is 287 g/mol. The normalized spacial score (nSPS) is 10.5. The van der Waals surface area contributed by atoms with Gasteiger partial charge in [-0.05, 0) is 31.2 Å². The van der Waals surface area contributed by atoms with Gasteiger partial charge in [0.25, 0.3) is 0 Å². The van der Waals surface area contributed by atoms with Crippen LogP contribution in [-0.2, 0) is 0 Å². The van der Waals surface area contributed by atoms with Crippen molar-refractivity contribution in [2.45, 2.75) is 26.7 Å². The van der Waals surface area contributed by atoms with Crippen LogP contribution < -0.4 is 14.8 Å². The highest BCUT2D eigenvalue weighted by molar-refractivity contribution is 5.41. The molecule has 0 spiro atoms. The first-order chi connectivity index (χ1) is 10.1. The predicted octanol–water partition coefficient (Wildman–Crippen LogP) is 3.83. The van der Waals surface area contributed by atoms with Crippen LogP contribution in [-0.4, -0.2) is 23.6 Å². The monoisotopic (exact) mass is 287 g/mol. The zero-order valence-corrected chi connectivity index (χ0v) is 12.9. The Morgan fingerprint density at radius 3 is 2.33 bits per heavy atom. The predicted molar refractivity (Wildman–Crippen MR) is 83.4 cm³/mol. The standard InChI is InChI=1S/C16H21N3O2/c1-5-17-14-10-15(19-16(18-14)11(2)3)21-13-8-6-12(20-4)7-9-13/h6-11H,5H2,1-4H3,(H,17,18,19). The summed E-state index contributed by atoms with van der Waals surface area (Å²) in [6.07, 6.45) is 0. The topological polar surface area (TPSA) is 56.3 Å². The Morgan fingerprint density at radius 2 is 1.76 bits per heavy atom. The second-order valence-electron chi connectivity index (χ2n) is 4.91. The van der Waals surface area contributed by atoms with Gasteiger partial charge in [-0.1, -0.05) is 13.8 Å². The van der Waals surface area contributed by atoms with E-state index in [4.69, 9.17) is 9.47 Å². The van der Waals surface area contributed by atoms with Crippen LogP contribution in [0.4, 0.5) is 5.82 Å². The van der Waals surface area contributed by atoms with Crippen LogP contribution in [0.25, 0.3) is 0 Å². The molecule has 2 rings (SSSR count). The van der Waals surface area contributed by atoms with Crippen molar-refractivity contribution >= 4 is 5.82 Å². The molecular formula is C16H21N3O2. The number of hydrogen-bond acceptors (Lipinski definition) is 5. The fourth-order valence-electron chi connectivity index (χ4n) is 1.79. The zero-order chi connectivity index (χ0) is 15.2. The summed E-state index contributed by atoms with van der Waals surface area (Å²) in [5, 5.41) is 3.20. The summed E-state index contributed by atoms with van der Waals surface area (Å²) >= 11 is 0.